The highest BCUT2D eigenvalue weighted by molar-refractivity contribution is 6.12. The zero-order chi connectivity index (χ0) is 14.7. The van der Waals surface area contributed by atoms with E-state index < -0.39 is 11.9 Å². The summed E-state index contributed by atoms with van der Waals surface area (Å²) in [7, 11) is 0. The van der Waals surface area contributed by atoms with E-state index in [-0.39, 0.29) is 18.0 Å². The van der Waals surface area contributed by atoms with Crippen molar-refractivity contribution in [2.75, 3.05) is 11.9 Å². The van der Waals surface area contributed by atoms with Gasteiger partial charge in [-0.05, 0) is 24.5 Å². The molecule has 2 aromatic rings. The lowest BCUT2D eigenvalue weighted by molar-refractivity contribution is 0.100. The lowest BCUT2D eigenvalue weighted by atomic mass is 10.1. The number of aryl methyl sites for hydroxylation is 1. The minimum atomic E-state index is -0.778. The number of rotatable bonds is 5. The van der Waals surface area contributed by atoms with Crippen LogP contribution < -0.4 is 16.8 Å². The topological polar surface area (TPSA) is 134 Å². The summed E-state index contributed by atoms with van der Waals surface area (Å²) < 4.78 is 0. The molecule has 0 bridgehead atoms. The molecule has 0 unspecified atom stereocenters. The third-order valence-electron chi connectivity index (χ3n) is 2.98. The Morgan fingerprint density at radius 3 is 2.65 bits per heavy atom. The summed E-state index contributed by atoms with van der Waals surface area (Å²) in [5.74, 6) is -0.456. The van der Waals surface area contributed by atoms with Crippen molar-refractivity contribution in [2.24, 2.45) is 11.5 Å². The van der Waals surface area contributed by atoms with Crippen molar-refractivity contribution in [1.29, 1.82) is 0 Å². The molecule has 0 radical (unpaired) electrons. The molecule has 1 heterocycles. The van der Waals surface area contributed by atoms with Crippen LogP contribution in [0.2, 0.25) is 0 Å². The Balaban J connectivity index is 2.49. The highest BCUT2D eigenvalue weighted by atomic mass is 16.3. The van der Waals surface area contributed by atoms with Crippen LogP contribution >= 0.6 is 0 Å². The fourth-order valence-electron chi connectivity index (χ4n) is 2.16. The summed E-state index contributed by atoms with van der Waals surface area (Å²) in [6.07, 6.45) is 1.37. The first-order chi connectivity index (χ1) is 9.52. The van der Waals surface area contributed by atoms with Gasteiger partial charge in [0.15, 0.2) is 0 Å². The summed E-state index contributed by atoms with van der Waals surface area (Å²) in [6, 6.07) is 4.68. The van der Waals surface area contributed by atoms with Gasteiger partial charge in [-0.3, -0.25) is 10.1 Å². The number of aliphatic hydroxyl groups is 1. The molecule has 20 heavy (non-hydrogen) atoms. The Bertz CT molecular complexity index is 663. The minimum absolute atomic E-state index is 0.115. The van der Waals surface area contributed by atoms with Crippen LogP contribution in [-0.4, -0.2) is 28.6 Å². The van der Waals surface area contributed by atoms with Gasteiger partial charge in [-0.25, -0.2) is 4.79 Å². The average Bonchev–Trinajstić information content (AvgIpc) is 2.72. The van der Waals surface area contributed by atoms with Gasteiger partial charge in [-0.15, -0.1) is 0 Å². The minimum Gasteiger partial charge on any atom is -0.396 e. The molecule has 2 rings (SSSR count). The zero-order valence-electron chi connectivity index (χ0n) is 10.8. The molecule has 7 N–H and O–H groups in total. The maximum Gasteiger partial charge on any atom is 0.317 e. The molecular formula is C13H16N4O3. The van der Waals surface area contributed by atoms with Gasteiger partial charge in [0, 0.05) is 17.5 Å². The third kappa shape index (κ3) is 2.72. The molecule has 0 aliphatic heterocycles. The molecule has 1 aromatic heterocycles. The van der Waals surface area contributed by atoms with Crippen LogP contribution in [0.3, 0.4) is 0 Å². The number of aromatic amines is 1. The van der Waals surface area contributed by atoms with Crippen LogP contribution in [0.1, 0.15) is 22.3 Å². The molecule has 3 amide bonds. The number of anilines is 1. The number of carbonyl (C=O) groups excluding carboxylic acids is 2. The molecular weight excluding hydrogens is 260 g/mol. The van der Waals surface area contributed by atoms with Crippen molar-refractivity contribution in [2.45, 2.75) is 12.8 Å². The number of nitrogens with two attached hydrogens (primary N) is 2. The Kier molecular flexibility index (Phi) is 3.90. The van der Waals surface area contributed by atoms with Gasteiger partial charge in [0.25, 0.3) is 5.91 Å². The highest BCUT2D eigenvalue weighted by Crippen LogP contribution is 2.27. The molecule has 0 fully saturated rings. The molecule has 0 atom stereocenters. The molecule has 0 saturated heterocycles. The normalized spacial score (nSPS) is 10.7. The van der Waals surface area contributed by atoms with Crippen LogP contribution in [0.4, 0.5) is 10.6 Å². The van der Waals surface area contributed by atoms with E-state index in [1.54, 1.807) is 6.07 Å². The fraction of sp³-hybridized carbons (Fsp3) is 0.231. The summed E-state index contributed by atoms with van der Waals surface area (Å²) in [6.45, 7) is 0.115. The number of hydrogen-bond acceptors (Lipinski definition) is 3. The predicted octanol–water partition coefficient (Wildman–Crippen LogP) is 0.682. The van der Waals surface area contributed by atoms with Crippen molar-refractivity contribution in [3.05, 3.63) is 29.3 Å². The van der Waals surface area contributed by atoms with Gasteiger partial charge in [0.1, 0.15) is 5.82 Å². The second-order valence-corrected chi connectivity index (χ2v) is 4.44. The molecule has 7 heteroatoms. The monoisotopic (exact) mass is 276 g/mol. The van der Waals surface area contributed by atoms with Crippen molar-refractivity contribution in [3.8, 4) is 0 Å². The molecule has 106 valence electrons. The largest absolute Gasteiger partial charge is 0.396 e. The van der Waals surface area contributed by atoms with E-state index >= 15 is 0 Å². The van der Waals surface area contributed by atoms with Crippen LogP contribution in [0.5, 0.6) is 0 Å². The first kappa shape index (κ1) is 13.9. The van der Waals surface area contributed by atoms with Gasteiger partial charge < -0.3 is 21.6 Å². The van der Waals surface area contributed by atoms with Crippen molar-refractivity contribution in [1.82, 2.24) is 4.98 Å². The van der Waals surface area contributed by atoms with Gasteiger partial charge in [0.05, 0.1) is 5.56 Å². The number of benzene rings is 1. The van der Waals surface area contributed by atoms with E-state index in [0.29, 0.717) is 17.3 Å². The number of hydrogen-bond donors (Lipinski definition) is 5. The lowest BCUT2D eigenvalue weighted by Gasteiger charge is -2.01. The average molecular weight is 276 g/mol. The van der Waals surface area contributed by atoms with E-state index in [4.69, 9.17) is 16.6 Å². The van der Waals surface area contributed by atoms with Gasteiger partial charge in [-0.1, -0.05) is 12.1 Å². The first-order valence-corrected chi connectivity index (χ1v) is 6.14. The van der Waals surface area contributed by atoms with Gasteiger partial charge in [0.2, 0.25) is 0 Å². The quantitative estimate of drug-likeness (QED) is 0.549. The van der Waals surface area contributed by atoms with Crippen LogP contribution in [0, 0.1) is 0 Å². The standard InChI is InChI=1S/C13H16N4O3/c14-11(19)10-8-4-3-7(2-1-5-18)6-9(8)16-12(10)17-13(15)20/h3-4,6,16,18H,1-2,5H2,(H2,14,19)(H3,15,17,20). The molecule has 0 aliphatic rings. The highest BCUT2D eigenvalue weighted by Gasteiger charge is 2.17. The third-order valence-corrected chi connectivity index (χ3v) is 2.98. The molecule has 7 nitrogen and oxygen atoms in total. The van der Waals surface area contributed by atoms with E-state index in [0.717, 1.165) is 12.0 Å². The number of carbonyl (C=O) groups is 2. The van der Waals surface area contributed by atoms with Gasteiger partial charge in [-0.2, -0.15) is 0 Å². The van der Waals surface area contributed by atoms with Crippen molar-refractivity contribution in [3.63, 3.8) is 0 Å². The second kappa shape index (κ2) is 5.62. The van der Waals surface area contributed by atoms with E-state index in [1.165, 1.54) is 0 Å². The summed E-state index contributed by atoms with van der Waals surface area (Å²) >= 11 is 0. The molecule has 0 aliphatic carbocycles. The Labute approximate surface area is 114 Å². The Morgan fingerprint density at radius 1 is 1.30 bits per heavy atom. The van der Waals surface area contributed by atoms with Crippen LogP contribution in [0.15, 0.2) is 18.2 Å². The molecule has 0 spiro atoms. The fourth-order valence-corrected chi connectivity index (χ4v) is 2.16. The lowest BCUT2D eigenvalue weighted by Crippen LogP contribution is -2.22. The number of H-pyrrole nitrogens is 1. The number of aromatic nitrogens is 1. The second-order valence-electron chi connectivity index (χ2n) is 4.44. The number of primary amides is 2. The summed E-state index contributed by atoms with van der Waals surface area (Å²) in [5.41, 5.74) is 12.3. The zero-order valence-corrected chi connectivity index (χ0v) is 10.8. The number of fused-ring (bicyclic) bond motifs is 1. The van der Waals surface area contributed by atoms with E-state index in [9.17, 15) is 9.59 Å². The summed E-state index contributed by atoms with van der Waals surface area (Å²) in [5, 5.41) is 11.8. The first-order valence-electron chi connectivity index (χ1n) is 6.14. The Hall–Kier alpha value is -2.54. The van der Waals surface area contributed by atoms with E-state index in [1.807, 2.05) is 12.1 Å². The SMILES string of the molecule is NC(=O)Nc1[nH]c2cc(CCCO)ccc2c1C(N)=O. The van der Waals surface area contributed by atoms with Crippen molar-refractivity contribution < 1.29 is 14.7 Å². The van der Waals surface area contributed by atoms with Crippen LogP contribution in [-0.2, 0) is 6.42 Å². The summed E-state index contributed by atoms with van der Waals surface area (Å²) in [4.78, 5) is 25.4. The molecule has 0 saturated carbocycles. The number of urea groups is 1. The van der Waals surface area contributed by atoms with Crippen LogP contribution in [0.25, 0.3) is 10.9 Å². The van der Waals surface area contributed by atoms with Gasteiger partial charge >= 0.3 is 6.03 Å². The maximum absolute atomic E-state index is 11.5. The Morgan fingerprint density at radius 2 is 2.05 bits per heavy atom. The predicted molar refractivity (Wildman–Crippen MR) is 75.4 cm³/mol. The number of nitrogens with one attached hydrogen (secondary N) is 2. The maximum atomic E-state index is 11.5. The smallest absolute Gasteiger partial charge is 0.317 e. The number of amides is 3. The van der Waals surface area contributed by atoms with Crippen molar-refractivity contribution >= 4 is 28.7 Å². The van der Waals surface area contributed by atoms with E-state index in [2.05, 4.69) is 10.3 Å². The number of aliphatic hydroxyl groups excluding tert-OH is 1. The molecule has 1 aromatic carbocycles.